The maximum atomic E-state index is 5.71. The summed E-state index contributed by atoms with van der Waals surface area (Å²) in [4.78, 5) is 1.32. The Balaban J connectivity index is 2.69. The van der Waals surface area contributed by atoms with Gasteiger partial charge in [0, 0.05) is 4.90 Å². The molecule has 0 aliphatic heterocycles. The molecule has 0 aromatic heterocycles. The van der Waals surface area contributed by atoms with E-state index in [0.717, 1.165) is 13.0 Å². The van der Waals surface area contributed by atoms with Crippen molar-refractivity contribution in [2.75, 3.05) is 12.8 Å². The van der Waals surface area contributed by atoms with Gasteiger partial charge in [0.05, 0.1) is 0 Å². The van der Waals surface area contributed by atoms with E-state index in [0.29, 0.717) is 0 Å². The molecule has 1 aromatic rings. The molecule has 0 radical (unpaired) electrons. The maximum Gasteiger partial charge on any atom is 0.00693 e. The first-order valence-corrected chi connectivity index (χ1v) is 6.13. The van der Waals surface area contributed by atoms with Crippen molar-refractivity contribution < 1.29 is 0 Å². The van der Waals surface area contributed by atoms with E-state index in [1.807, 2.05) is 0 Å². The molecule has 1 nitrogen and oxygen atoms in total. The molecule has 1 rings (SSSR count). The van der Waals surface area contributed by atoms with Crippen LogP contribution >= 0.6 is 11.8 Å². The van der Waals surface area contributed by atoms with Crippen LogP contribution in [0.4, 0.5) is 0 Å². The Labute approximate surface area is 91.1 Å². The normalized spacial score (nSPS) is 11.7. The van der Waals surface area contributed by atoms with Crippen LogP contribution in [0.2, 0.25) is 0 Å². The second-order valence-electron chi connectivity index (χ2n) is 4.39. The minimum atomic E-state index is 0.209. The lowest BCUT2D eigenvalue weighted by molar-refractivity contribution is 0.377. The van der Waals surface area contributed by atoms with Gasteiger partial charge in [-0.3, -0.25) is 0 Å². The minimum absolute atomic E-state index is 0.209. The predicted octanol–water partition coefficient (Wildman–Crippen LogP) is 2.94. The summed E-state index contributed by atoms with van der Waals surface area (Å²) in [5, 5.41) is 0. The molecule has 0 heterocycles. The first-order valence-electron chi connectivity index (χ1n) is 4.90. The third kappa shape index (κ3) is 3.35. The van der Waals surface area contributed by atoms with Crippen LogP contribution < -0.4 is 5.73 Å². The van der Waals surface area contributed by atoms with E-state index < -0.39 is 0 Å². The molecule has 0 bridgehead atoms. The molecule has 0 amide bonds. The highest BCUT2D eigenvalue weighted by Crippen LogP contribution is 2.22. The first-order chi connectivity index (χ1) is 6.57. The van der Waals surface area contributed by atoms with E-state index in [2.05, 4.69) is 44.4 Å². The van der Waals surface area contributed by atoms with Gasteiger partial charge < -0.3 is 5.73 Å². The molecular weight excluding hydrogens is 190 g/mol. The number of nitrogens with two attached hydrogens (primary N) is 1. The second-order valence-corrected chi connectivity index (χ2v) is 5.27. The average molecular weight is 209 g/mol. The van der Waals surface area contributed by atoms with E-state index in [4.69, 9.17) is 5.73 Å². The fraction of sp³-hybridized carbons (Fsp3) is 0.500. The summed E-state index contributed by atoms with van der Waals surface area (Å²) in [7, 11) is 0. The molecule has 2 heteroatoms. The molecule has 0 unspecified atom stereocenters. The Bertz CT molecular complexity index is 277. The van der Waals surface area contributed by atoms with Crippen molar-refractivity contribution in [2.45, 2.75) is 25.2 Å². The fourth-order valence-corrected chi connectivity index (χ4v) is 1.78. The third-order valence-corrected chi connectivity index (χ3v) is 3.14. The first kappa shape index (κ1) is 11.6. The van der Waals surface area contributed by atoms with Crippen LogP contribution in [0.15, 0.2) is 29.2 Å². The zero-order valence-electron chi connectivity index (χ0n) is 9.21. The summed E-state index contributed by atoms with van der Waals surface area (Å²) in [6.07, 6.45) is 3.15. The highest BCUT2D eigenvalue weighted by Gasteiger charge is 2.15. The number of hydrogen-bond acceptors (Lipinski definition) is 2. The predicted molar refractivity (Wildman–Crippen MR) is 64.8 cm³/mol. The van der Waals surface area contributed by atoms with Gasteiger partial charge in [0.2, 0.25) is 0 Å². The van der Waals surface area contributed by atoms with Crippen LogP contribution in [0, 0.1) is 5.41 Å². The van der Waals surface area contributed by atoms with Gasteiger partial charge in [-0.2, -0.15) is 0 Å². The number of rotatable bonds is 4. The number of hydrogen-bond donors (Lipinski definition) is 1. The van der Waals surface area contributed by atoms with E-state index in [1.54, 1.807) is 11.8 Å². The van der Waals surface area contributed by atoms with Crippen LogP contribution in [-0.2, 0) is 6.42 Å². The van der Waals surface area contributed by atoms with Crippen molar-refractivity contribution in [3.8, 4) is 0 Å². The fourth-order valence-electron chi connectivity index (χ4n) is 1.37. The van der Waals surface area contributed by atoms with Gasteiger partial charge in [0.15, 0.2) is 0 Å². The minimum Gasteiger partial charge on any atom is -0.330 e. The summed E-state index contributed by atoms with van der Waals surface area (Å²) in [6, 6.07) is 8.74. The molecular formula is C12H19NS. The highest BCUT2D eigenvalue weighted by atomic mass is 32.2. The molecule has 2 N–H and O–H groups in total. The third-order valence-electron chi connectivity index (χ3n) is 2.39. The lowest BCUT2D eigenvalue weighted by Gasteiger charge is -2.22. The quantitative estimate of drug-likeness (QED) is 0.772. The summed E-state index contributed by atoms with van der Waals surface area (Å²) in [6.45, 7) is 5.14. The van der Waals surface area contributed by atoms with E-state index in [-0.39, 0.29) is 5.41 Å². The van der Waals surface area contributed by atoms with Crippen LogP contribution in [0.5, 0.6) is 0 Å². The molecule has 1 aromatic carbocycles. The second kappa shape index (κ2) is 4.85. The van der Waals surface area contributed by atoms with Crippen LogP contribution in [0.1, 0.15) is 19.4 Å². The summed E-state index contributed by atoms with van der Waals surface area (Å²) >= 11 is 1.78. The van der Waals surface area contributed by atoms with Crippen molar-refractivity contribution in [3.05, 3.63) is 29.8 Å². The number of benzene rings is 1. The molecule has 0 aliphatic carbocycles. The van der Waals surface area contributed by atoms with Gasteiger partial charge in [-0.25, -0.2) is 0 Å². The molecule has 78 valence electrons. The van der Waals surface area contributed by atoms with Gasteiger partial charge in [-0.15, -0.1) is 11.8 Å². The maximum absolute atomic E-state index is 5.71. The zero-order valence-corrected chi connectivity index (χ0v) is 10.0. The van der Waals surface area contributed by atoms with Gasteiger partial charge in [0.1, 0.15) is 0 Å². The highest BCUT2D eigenvalue weighted by molar-refractivity contribution is 7.98. The van der Waals surface area contributed by atoms with E-state index in [9.17, 15) is 0 Å². The van der Waals surface area contributed by atoms with Crippen LogP contribution in [0.25, 0.3) is 0 Å². The van der Waals surface area contributed by atoms with E-state index >= 15 is 0 Å². The van der Waals surface area contributed by atoms with Crippen molar-refractivity contribution in [2.24, 2.45) is 11.1 Å². The average Bonchev–Trinajstić information content (AvgIpc) is 2.19. The zero-order chi connectivity index (χ0) is 10.6. The van der Waals surface area contributed by atoms with Crippen molar-refractivity contribution in [1.29, 1.82) is 0 Å². The molecule has 0 saturated heterocycles. The molecule has 0 saturated carbocycles. The Morgan fingerprint density at radius 2 is 1.79 bits per heavy atom. The largest absolute Gasteiger partial charge is 0.330 e. The Hall–Kier alpha value is -0.470. The summed E-state index contributed by atoms with van der Waals surface area (Å²) < 4.78 is 0. The van der Waals surface area contributed by atoms with Crippen molar-refractivity contribution in [3.63, 3.8) is 0 Å². The lowest BCUT2D eigenvalue weighted by atomic mass is 9.86. The SMILES string of the molecule is CSc1ccc(CC(C)(C)CN)cc1. The lowest BCUT2D eigenvalue weighted by Crippen LogP contribution is -2.25. The van der Waals surface area contributed by atoms with Crippen LogP contribution in [0.3, 0.4) is 0 Å². The smallest absolute Gasteiger partial charge is 0.00693 e. The Morgan fingerprint density at radius 3 is 2.21 bits per heavy atom. The molecule has 0 atom stereocenters. The van der Waals surface area contributed by atoms with Crippen molar-refractivity contribution in [1.82, 2.24) is 0 Å². The molecule has 0 fully saturated rings. The van der Waals surface area contributed by atoms with Crippen molar-refractivity contribution >= 4 is 11.8 Å². The Kier molecular flexibility index (Phi) is 4.02. The summed E-state index contributed by atoms with van der Waals surface area (Å²) in [5.41, 5.74) is 7.29. The molecule has 0 aliphatic rings. The van der Waals surface area contributed by atoms with Gasteiger partial charge in [-0.05, 0) is 42.3 Å². The van der Waals surface area contributed by atoms with Crippen LogP contribution in [-0.4, -0.2) is 12.8 Å². The number of thioether (sulfide) groups is 1. The topological polar surface area (TPSA) is 26.0 Å². The standard InChI is InChI=1S/C12H19NS/c1-12(2,9-13)8-10-4-6-11(14-3)7-5-10/h4-7H,8-9,13H2,1-3H3. The van der Waals surface area contributed by atoms with Gasteiger partial charge in [-0.1, -0.05) is 26.0 Å². The Morgan fingerprint density at radius 1 is 1.21 bits per heavy atom. The van der Waals surface area contributed by atoms with Gasteiger partial charge >= 0.3 is 0 Å². The summed E-state index contributed by atoms with van der Waals surface area (Å²) in [5.74, 6) is 0. The monoisotopic (exact) mass is 209 g/mol. The molecule has 0 spiro atoms. The molecule has 14 heavy (non-hydrogen) atoms. The van der Waals surface area contributed by atoms with Gasteiger partial charge in [0.25, 0.3) is 0 Å². The van der Waals surface area contributed by atoms with E-state index in [1.165, 1.54) is 10.5 Å².